The summed E-state index contributed by atoms with van der Waals surface area (Å²) in [5, 5.41) is 2.60. The molecule has 0 aliphatic carbocycles. The molecule has 0 aliphatic heterocycles. The zero-order valence-corrected chi connectivity index (χ0v) is 6.69. The molecule has 0 aliphatic rings. The predicted octanol–water partition coefficient (Wildman–Crippen LogP) is 0.205. The van der Waals surface area contributed by atoms with Crippen LogP contribution < -0.4 is 16.6 Å². The Balaban J connectivity index is 3.46. The van der Waals surface area contributed by atoms with Gasteiger partial charge in [0.1, 0.15) is 0 Å². The van der Waals surface area contributed by atoms with Gasteiger partial charge in [0.2, 0.25) is 0 Å². The van der Waals surface area contributed by atoms with E-state index in [0.717, 1.165) is 0 Å². The van der Waals surface area contributed by atoms with Crippen LogP contribution in [0.4, 0.5) is 4.79 Å². The van der Waals surface area contributed by atoms with E-state index in [0.29, 0.717) is 6.54 Å². The van der Waals surface area contributed by atoms with Gasteiger partial charge in [-0.25, -0.2) is 10.6 Å². The smallest absolute Gasteiger partial charge is 0.328 e. The molecule has 0 atom stereocenters. The quantitative estimate of drug-likeness (QED) is 0.280. The third-order valence-electron chi connectivity index (χ3n) is 0.910. The molecule has 0 aromatic heterocycles. The van der Waals surface area contributed by atoms with Crippen molar-refractivity contribution < 1.29 is 4.79 Å². The highest BCUT2D eigenvalue weighted by atomic mass is 16.2. The summed E-state index contributed by atoms with van der Waals surface area (Å²) < 4.78 is 0. The van der Waals surface area contributed by atoms with E-state index in [2.05, 4.69) is 5.32 Å². The third kappa shape index (κ3) is 5.37. The second kappa shape index (κ2) is 3.41. The molecule has 0 aromatic carbocycles. The molecular weight excluding hydrogens is 130 g/mol. The summed E-state index contributed by atoms with van der Waals surface area (Å²) in [5.74, 6) is 4.84. The van der Waals surface area contributed by atoms with Gasteiger partial charge < -0.3 is 5.32 Å². The van der Waals surface area contributed by atoms with E-state index in [1.165, 1.54) is 0 Å². The van der Waals surface area contributed by atoms with Gasteiger partial charge in [0, 0.05) is 6.54 Å². The second-order valence-corrected chi connectivity index (χ2v) is 3.39. The Labute approximate surface area is 61.1 Å². The molecular formula is C6H15N3O. The standard InChI is InChI=1S/C6H15N3O/c1-6(2,3)4-8-5(10)9-7/h4,7H2,1-3H3,(H2,8,9,10). The van der Waals surface area contributed by atoms with Crippen molar-refractivity contribution >= 4 is 6.03 Å². The molecule has 0 radical (unpaired) electrons. The van der Waals surface area contributed by atoms with Crippen molar-refractivity contribution in [1.29, 1.82) is 0 Å². The number of hydrogen-bond donors (Lipinski definition) is 3. The van der Waals surface area contributed by atoms with Crippen LogP contribution in [0, 0.1) is 5.41 Å². The van der Waals surface area contributed by atoms with Crippen molar-refractivity contribution in [3.8, 4) is 0 Å². The summed E-state index contributed by atoms with van der Waals surface area (Å²) in [6.45, 7) is 6.72. The molecule has 0 spiro atoms. The SMILES string of the molecule is CC(C)(C)CNC(=O)NN. The number of nitrogens with two attached hydrogens (primary N) is 1. The summed E-state index contributed by atoms with van der Waals surface area (Å²) in [6.07, 6.45) is 0. The molecule has 60 valence electrons. The van der Waals surface area contributed by atoms with Crippen LogP contribution in [-0.2, 0) is 0 Å². The van der Waals surface area contributed by atoms with Crippen LogP contribution in [0.2, 0.25) is 0 Å². The minimum atomic E-state index is -0.338. The summed E-state index contributed by atoms with van der Waals surface area (Å²) in [7, 11) is 0. The number of hydrogen-bond acceptors (Lipinski definition) is 2. The molecule has 4 N–H and O–H groups in total. The Morgan fingerprint density at radius 1 is 1.50 bits per heavy atom. The Bertz CT molecular complexity index is 117. The molecule has 4 nitrogen and oxygen atoms in total. The maximum atomic E-state index is 10.5. The van der Waals surface area contributed by atoms with Crippen LogP contribution in [0.5, 0.6) is 0 Å². The molecule has 0 unspecified atom stereocenters. The minimum Gasteiger partial charge on any atom is -0.337 e. The fourth-order valence-corrected chi connectivity index (χ4v) is 0.396. The molecule has 0 saturated carbocycles. The van der Waals surface area contributed by atoms with Crippen molar-refractivity contribution in [3.63, 3.8) is 0 Å². The first-order chi connectivity index (χ1) is 4.45. The summed E-state index contributed by atoms with van der Waals surface area (Å²) >= 11 is 0. The van der Waals surface area contributed by atoms with E-state index in [9.17, 15) is 4.79 Å². The lowest BCUT2D eigenvalue weighted by molar-refractivity contribution is 0.236. The second-order valence-electron chi connectivity index (χ2n) is 3.39. The monoisotopic (exact) mass is 145 g/mol. The summed E-state index contributed by atoms with van der Waals surface area (Å²) in [4.78, 5) is 10.5. The Kier molecular flexibility index (Phi) is 3.15. The largest absolute Gasteiger partial charge is 0.337 e. The van der Waals surface area contributed by atoms with Gasteiger partial charge >= 0.3 is 6.03 Å². The van der Waals surface area contributed by atoms with Crippen molar-refractivity contribution in [2.24, 2.45) is 11.3 Å². The van der Waals surface area contributed by atoms with Gasteiger partial charge in [-0.1, -0.05) is 20.8 Å². The lowest BCUT2D eigenvalue weighted by atomic mass is 9.97. The molecule has 0 saturated heterocycles. The average Bonchev–Trinajstić information content (AvgIpc) is 1.81. The molecule has 0 heterocycles. The molecule has 0 aromatic rings. The van der Waals surface area contributed by atoms with Crippen molar-refractivity contribution in [2.75, 3.05) is 6.54 Å². The van der Waals surface area contributed by atoms with Gasteiger partial charge in [-0.3, -0.25) is 5.43 Å². The van der Waals surface area contributed by atoms with E-state index in [-0.39, 0.29) is 11.4 Å². The Hall–Kier alpha value is -0.770. The minimum absolute atomic E-state index is 0.104. The Morgan fingerprint density at radius 3 is 2.30 bits per heavy atom. The van der Waals surface area contributed by atoms with E-state index < -0.39 is 0 Å². The zero-order chi connectivity index (χ0) is 8.20. The van der Waals surface area contributed by atoms with Gasteiger partial charge in [0.15, 0.2) is 0 Å². The first kappa shape index (κ1) is 9.23. The molecule has 4 heteroatoms. The highest BCUT2D eigenvalue weighted by molar-refractivity contribution is 5.73. The van der Waals surface area contributed by atoms with E-state index in [1.54, 1.807) is 0 Å². The van der Waals surface area contributed by atoms with E-state index in [4.69, 9.17) is 5.84 Å². The maximum absolute atomic E-state index is 10.5. The third-order valence-corrected chi connectivity index (χ3v) is 0.910. The van der Waals surface area contributed by atoms with Crippen molar-refractivity contribution in [3.05, 3.63) is 0 Å². The zero-order valence-electron chi connectivity index (χ0n) is 6.69. The van der Waals surface area contributed by atoms with Crippen LogP contribution in [0.15, 0.2) is 0 Å². The number of carbonyl (C=O) groups excluding carboxylic acids is 1. The van der Waals surface area contributed by atoms with Crippen LogP contribution in [0.25, 0.3) is 0 Å². The fourth-order valence-electron chi connectivity index (χ4n) is 0.396. The van der Waals surface area contributed by atoms with Gasteiger partial charge in [-0.2, -0.15) is 0 Å². The van der Waals surface area contributed by atoms with Crippen LogP contribution in [0.3, 0.4) is 0 Å². The number of nitrogens with one attached hydrogen (secondary N) is 2. The highest BCUT2D eigenvalue weighted by Gasteiger charge is 2.10. The fraction of sp³-hybridized carbons (Fsp3) is 0.833. The maximum Gasteiger partial charge on any atom is 0.328 e. The molecule has 0 bridgehead atoms. The number of rotatable bonds is 1. The van der Waals surface area contributed by atoms with Gasteiger partial charge in [-0.15, -0.1) is 0 Å². The van der Waals surface area contributed by atoms with Gasteiger partial charge in [0.05, 0.1) is 0 Å². The Morgan fingerprint density at radius 2 is 2.00 bits per heavy atom. The number of carbonyl (C=O) groups is 1. The van der Waals surface area contributed by atoms with Crippen LogP contribution in [-0.4, -0.2) is 12.6 Å². The summed E-state index contributed by atoms with van der Waals surface area (Å²) in [6, 6.07) is -0.338. The normalized spacial score (nSPS) is 10.8. The topological polar surface area (TPSA) is 67.2 Å². The van der Waals surface area contributed by atoms with Gasteiger partial charge in [0.25, 0.3) is 0 Å². The number of hydrazine groups is 1. The van der Waals surface area contributed by atoms with Crippen LogP contribution >= 0.6 is 0 Å². The average molecular weight is 145 g/mol. The first-order valence-electron chi connectivity index (χ1n) is 3.20. The predicted molar refractivity (Wildman–Crippen MR) is 40.2 cm³/mol. The number of urea groups is 1. The van der Waals surface area contributed by atoms with Crippen molar-refractivity contribution in [1.82, 2.24) is 10.7 Å². The van der Waals surface area contributed by atoms with Crippen LogP contribution in [0.1, 0.15) is 20.8 Å². The molecule has 0 rings (SSSR count). The molecule has 0 fully saturated rings. The first-order valence-corrected chi connectivity index (χ1v) is 3.20. The number of amides is 2. The van der Waals surface area contributed by atoms with E-state index in [1.807, 2.05) is 26.2 Å². The molecule has 10 heavy (non-hydrogen) atoms. The summed E-state index contributed by atoms with van der Waals surface area (Å²) in [5.41, 5.74) is 2.09. The van der Waals surface area contributed by atoms with E-state index >= 15 is 0 Å². The molecule has 2 amide bonds. The highest BCUT2D eigenvalue weighted by Crippen LogP contribution is 2.09. The van der Waals surface area contributed by atoms with Gasteiger partial charge in [-0.05, 0) is 5.41 Å². The van der Waals surface area contributed by atoms with Crippen molar-refractivity contribution in [2.45, 2.75) is 20.8 Å². The lowest BCUT2D eigenvalue weighted by Gasteiger charge is -2.17. The lowest BCUT2D eigenvalue weighted by Crippen LogP contribution is -2.43.